The van der Waals surface area contributed by atoms with Crippen molar-refractivity contribution in [2.24, 2.45) is 29.1 Å². The van der Waals surface area contributed by atoms with E-state index >= 15 is 0 Å². The average molecular weight is 980 g/mol. The van der Waals surface area contributed by atoms with E-state index in [0.29, 0.717) is 11.3 Å². The van der Waals surface area contributed by atoms with Gasteiger partial charge >= 0.3 is 123 Å². The normalized spacial score (nSPS) is 25.3. The maximum absolute atomic E-state index is 5.84. The molecule has 0 aromatic heterocycles. The number of rotatable bonds is 4. The van der Waals surface area contributed by atoms with Gasteiger partial charge in [-0.2, -0.15) is 17.2 Å². The molecule has 0 radical (unpaired) electrons. The first-order valence-electron chi connectivity index (χ1n) is 22.4. The summed E-state index contributed by atoms with van der Waals surface area (Å²) in [5.41, 5.74) is 20.9. The predicted molar refractivity (Wildman–Crippen MR) is 269 cm³/mol. The summed E-state index contributed by atoms with van der Waals surface area (Å²) in [6.07, 6.45) is 23.9. The van der Waals surface area contributed by atoms with Crippen LogP contribution in [0, 0.1) is 41.2 Å². The minimum absolute atomic E-state index is 0. The molecule has 12 rings (SSSR count). The average Bonchev–Trinajstić information content (AvgIpc) is 3.84. The zero-order valence-electron chi connectivity index (χ0n) is 37.8. The van der Waals surface area contributed by atoms with Crippen LogP contribution >= 0.6 is 48.0 Å². The van der Waals surface area contributed by atoms with Crippen molar-refractivity contribution in [2.45, 2.75) is 118 Å². The van der Waals surface area contributed by atoms with Gasteiger partial charge in [0.15, 0.2) is 0 Å². The molecule has 324 valence electrons. The molecule has 4 bridgehead atoms. The molecule has 0 spiro atoms. The van der Waals surface area contributed by atoms with E-state index in [1.54, 1.807) is 44.1 Å². The summed E-state index contributed by atoms with van der Waals surface area (Å²) >= 11 is 11.0. The van der Waals surface area contributed by atoms with E-state index in [0.717, 1.165) is 34.2 Å². The van der Waals surface area contributed by atoms with Crippen molar-refractivity contribution in [2.75, 3.05) is 0 Å². The van der Waals surface area contributed by atoms with E-state index in [4.69, 9.17) is 23.2 Å². The number of hydrogen-bond donors (Lipinski definition) is 0. The van der Waals surface area contributed by atoms with Crippen molar-refractivity contribution in [1.82, 2.24) is 0 Å². The van der Waals surface area contributed by atoms with E-state index in [1.807, 2.05) is 24.3 Å². The second-order valence-corrected chi connectivity index (χ2v) is 23.7. The quantitative estimate of drug-likeness (QED) is 0.157. The molecular formula is C57H62Cl4Zr-2. The van der Waals surface area contributed by atoms with Crippen molar-refractivity contribution in [3.05, 3.63) is 163 Å². The van der Waals surface area contributed by atoms with Crippen LogP contribution in [0.2, 0.25) is 10.0 Å². The zero-order valence-corrected chi connectivity index (χ0v) is 43.4. The van der Waals surface area contributed by atoms with Crippen LogP contribution in [0.15, 0.2) is 96.1 Å². The SMILES string of the molecule is CC1=[C-]C(C)(C)c2cc3c(cc21)-c1cc2c(cc1C3)C(C)(C)C=C2C.CC1=[C-]C(C)C=C1CC12CC3CC(CC(C3)C1)C2.Cl.Cl.Clc1ccc([CH]=[Zr]=[CH]c2ccc(Cl)cc2)cc1. The molecule has 4 aromatic rings. The Morgan fingerprint density at radius 2 is 1.16 bits per heavy atom. The first-order valence-corrected chi connectivity index (χ1v) is 26.0. The van der Waals surface area contributed by atoms with Crippen molar-refractivity contribution < 1.29 is 22.3 Å². The summed E-state index contributed by atoms with van der Waals surface area (Å²) in [7, 11) is 0. The van der Waals surface area contributed by atoms with Gasteiger partial charge in [-0.05, 0) is 120 Å². The van der Waals surface area contributed by atoms with E-state index in [-0.39, 0.29) is 35.6 Å². The van der Waals surface area contributed by atoms with Crippen molar-refractivity contribution in [1.29, 1.82) is 0 Å². The van der Waals surface area contributed by atoms with Gasteiger partial charge in [0, 0.05) is 5.41 Å². The standard InChI is InChI=1S/C25H25.C18H25.2C7H5Cl.2ClH.Zr/c1-14-12-24(3,4)22-8-16-7-17-9-23-19(15(2)13-25(23,5)6)11-21(17)20(16)10-18(14)22;1-12-3-13(2)17(4-12)11-18-8-14-5-15(9-18)7-16(6-14)10-18;2*1-6-2-4-7(8)5-3-6;;;/h8-12H,7H2,1-6H3;4,12,14-16H,5-11H2,1-2H3;2*1-5H;2*1H;/q2*-1;;;;;. The Hall–Kier alpha value is -2.38. The van der Waals surface area contributed by atoms with Gasteiger partial charge in [0.05, 0.1) is 0 Å². The van der Waals surface area contributed by atoms with Crippen molar-refractivity contribution >= 4 is 66.6 Å². The first kappa shape index (κ1) is 47.6. The molecule has 8 aliphatic carbocycles. The molecule has 1 atom stereocenters. The fourth-order valence-electron chi connectivity index (χ4n) is 12.6. The molecule has 0 amide bonds. The van der Waals surface area contributed by atoms with Gasteiger partial charge in [0.25, 0.3) is 0 Å². The number of halogens is 4. The van der Waals surface area contributed by atoms with Crippen LogP contribution in [0.3, 0.4) is 0 Å². The molecule has 0 saturated heterocycles. The Morgan fingerprint density at radius 1 is 0.661 bits per heavy atom. The van der Waals surface area contributed by atoms with Gasteiger partial charge in [-0.3, -0.25) is 12.2 Å². The first-order chi connectivity index (χ1) is 28.5. The zero-order chi connectivity index (χ0) is 42.1. The molecule has 0 nitrogen and oxygen atoms in total. The summed E-state index contributed by atoms with van der Waals surface area (Å²) < 4.78 is 4.66. The van der Waals surface area contributed by atoms with Gasteiger partial charge < -0.3 is 0 Å². The minimum atomic E-state index is -0.623. The van der Waals surface area contributed by atoms with Gasteiger partial charge in [0.2, 0.25) is 0 Å². The summed E-state index contributed by atoms with van der Waals surface area (Å²) in [6.45, 7) is 18.2. The predicted octanol–water partition coefficient (Wildman–Crippen LogP) is 16.3. The second kappa shape index (κ2) is 18.5. The molecule has 62 heavy (non-hydrogen) atoms. The Bertz CT molecular complexity index is 2390. The van der Waals surface area contributed by atoms with Crippen LogP contribution in [0.4, 0.5) is 0 Å². The Kier molecular flexibility index (Phi) is 14.2. The van der Waals surface area contributed by atoms with Gasteiger partial charge in [-0.1, -0.05) is 84.4 Å². The maximum atomic E-state index is 5.84. The summed E-state index contributed by atoms with van der Waals surface area (Å²) in [5.74, 6) is 3.82. The molecular weight excluding hydrogens is 918 g/mol. The third-order valence-electron chi connectivity index (χ3n) is 14.8. The van der Waals surface area contributed by atoms with Crippen LogP contribution in [0.5, 0.6) is 0 Å². The number of fused-ring (bicyclic) bond motifs is 5. The summed E-state index contributed by atoms with van der Waals surface area (Å²) in [5, 5.41) is 1.57. The molecule has 1 unspecified atom stereocenters. The van der Waals surface area contributed by atoms with Gasteiger partial charge in [0.1, 0.15) is 0 Å². The Labute approximate surface area is 406 Å². The van der Waals surface area contributed by atoms with E-state index in [9.17, 15) is 0 Å². The van der Waals surface area contributed by atoms with Crippen molar-refractivity contribution in [3.8, 4) is 11.1 Å². The molecule has 4 saturated carbocycles. The molecule has 0 heterocycles. The molecule has 0 aliphatic heterocycles. The topological polar surface area (TPSA) is 0 Å². The monoisotopic (exact) mass is 976 g/mol. The van der Waals surface area contributed by atoms with Gasteiger partial charge in [-0.25, -0.2) is 11.1 Å². The fourth-order valence-corrected chi connectivity index (χ4v) is 15.0. The fraction of sp³-hybridized carbons (Fsp3) is 0.404. The van der Waals surface area contributed by atoms with Crippen molar-refractivity contribution in [3.63, 3.8) is 0 Å². The van der Waals surface area contributed by atoms with Crippen LogP contribution in [0.1, 0.15) is 145 Å². The molecule has 0 N–H and O–H groups in total. The van der Waals surface area contributed by atoms with Crippen LogP contribution in [-0.2, 0) is 39.5 Å². The van der Waals surface area contributed by atoms with E-state index in [2.05, 4.69) is 136 Å². The van der Waals surface area contributed by atoms with Gasteiger partial charge in [-0.15, -0.1) is 36.4 Å². The second-order valence-electron chi connectivity index (χ2n) is 20.6. The molecule has 4 aromatic carbocycles. The summed E-state index contributed by atoms with van der Waals surface area (Å²) in [6, 6.07) is 25.7. The van der Waals surface area contributed by atoms with Crippen LogP contribution < -0.4 is 0 Å². The number of allylic oxidation sites excluding steroid dienone is 8. The molecule has 5 heteroatoms. The number of hydrogen-bond acceptors (Lipinski definition) is 0. The number of benzene rings is 4. The molecule has 4 fully saturated rings. The molecule has 8 aliphatic rings. The Balaban J connectivity index is 0.000000141. The summed E-state index contributed by atoms with van der Waals surface area (Å²) in [4.78, 5) is 0. The third kappa shape index (κ3) is 9.75. The Morgan fingerprint density at radius 3 is 1.66 bits per heavy atom. The van der Waals surface area contributed by atoms with Crippen LogP contribution in [-0.4, -0.2) is 7.42 Å². The van der Waals surface area contributed by atoms with Crippen LogP contribution in [0.25, 0.3) is 22.3 Å². The van der Waals surface area contributed by atoms with E-state index in [1.165, 1.54) is 78.8 Å². The third-order valence-corrected chi connectivity index (χ3v) is 17.7. The van der Waals surface area contributed by atoms with E-state index < -0.39 is 22.3 Å².